The van der Waals surface area contributed by atoms with Gasteiger partial charge in [0.05, 0.1) is 0 Å². The lowest BCUT2D eigenvalue weighted by Crippen LogP contribution is -2.55. The van der Waals surface area contributed by atoms with Crippen LogP contribution in [0.15, 0.2) is 0 Å². The highest BCUT2D eigenvalue weighted by Gasteiger charge is 2.42. The maximum absolute atomic E-state index is 3.57. The van der Waals surface area contributed by atoms with E-state index in [-0.39, 0.29) is 0 Å². The minimum absolute atomic E-state index is 0.886. The maximum atomic E-state index is 3.57. The molecule has 2 aliphatic heterocycles. The highest BCUT2D eigenvalue weighted by molar-refractivity contribution is 4.98. The molecule has 1 aliphatic carbocycles. The zero-order valence-electron chi connectivity index (χ0n) is 9.21. The molecule has 14 heavy (non-hydrogen) atoms. The van der Waals surface area contributed by atoms with Crippen LogP contribution >= 0.6 is 0 Å². The molecule has 1 N–H and O–H groups in total. The summed E-state index contributed by atoms with van der Waals surface area (Å²) in [5.74, 6) is 1.94. The fourth-order valence-electron chi connectivity index (χ4n) is 3.66. The van der Waals surface area contributed by atoms with Gasteiger partial charge in [0, 0.05) is 18.6 Å². The van der Waals surface area contributed by atoms with E-state index >= 15 is 0 Å². The Kier molecular flexibility index (Phi) is 2.29. The van der Waals surface area contributed by atoms with Crippen molar-refractivity contribution >= 4 is 0 Å². The normalized spacial score (nSPS) is 48.6. The molecular weight excluding hydrogens is 172 g/mol. The van der Waals surface area contributed by atoms with E-state index in [1.165, 1.54) is 45.3 Å². The van der Waals surface area contributed by atoms with Crippen molar-refractivity contribution in [3.8, 4) is 0 Å². The smallest absolute Gasteiger partial charge is 0.0264 e. The molecular formula is C12H22N2. The molecule has 2 heterocycles. The first-order valence-corrected chi connectivity index (χ1v) is 6.32. The van der Waals surface area contributed by atoms with Crippen LogP contribution in [0.3, 0.4) is 0 Å². The Balaban J connectivity index is 1.71. The third-order valence-corrected chi connectivity index (χ3v) is 4.72. The molecule has 3 fully saturated rings. The zero-order valence-corrected chi connectivity index (χ0v) is 9.21. The monoisotopic (exact) mass is 194 g/mol. The second-order valence-electron chi connectivity index (χ2n) is 5.49. The largest absolute Gasteiger partial charge is 0.315 e. The fraction of sp³-hybridized carbons (Fsp3) is 1.00. The van der Waals surface area contributed by atoms with Gasteiger partial charge in [-0.2, -0.15) is 0 Å². The molecule has 2 heteroatoms. The second-order valence-corrected chi connectivity index (χ2v) is 5.49. The zero-order chi connectivity index (χ0) is 9.54. The van der Waals surface area contributed by atoms with Crippen LogP contribution in [0.5, 0.6) is 0 Å². The Morgan fingerprint density at radius 1 is 1.07 bits per heavy atom. The van der Waals surface area contributed by atoms with Gasteiger partial charge in [-0.1, -0.05) is 6.92 Å². The summed E-state index contributed by atoms with van der Waals surface area (Å²) in [6.07, 6.45) is 5.83. The number of piperidine rings is 1. The second kappa shape index (κ2) is 3.49. The quantitative estimate of drug-likeness (QED) is 0.680. The molecule has 0 spiro atoms. The van der Waals surface area contributed by atoms with Crippen molar-refractivity contribution < 1.29 is 0 Å². The molecule has 80 valence electrons. The molecule has 2 nitrogen and oxygen atoms in total. The van der Waals surface area contributed by atoms with Gasteiger partial charge < -0.3 is 5.32 Å². The van der Waals surface area contributed by atoms with Gasteiger partial charge in [0.1, 0.15) is 0 Å². The third-order valence-electron chi connectivity index (χ3n) is 4.72. The number of nitrogens with zero attached hydrogens (tertiary/aromatic N) is 1. The molecule has 3 rings (SSSR count). The van der Waals surface area contributed by atoms with Gasteiger partial charge in [0.25, 0.3) is 0 Å². The van der Waals surface area contributed by atoms with Crippen LogP contribution in [0, 0.1) is 11.8 Å². The molecule has 4 unspecified atom stereocenters. The summed E-state index contributed by atoms with van der Waals surface area (Å²) in [5, 5.41) is 3.57. The predicted octanol–water partition coefficient (Wildman–Crippen LogP) is 1.47. The van der Waals surface area contributed by atoms with E-state index in [0.29, 0.717) is 0 Å². The highest BCUT2D eigenvalue weighted by Crippen LogP contribution is 2.37. The summed E-state index contributed by atoms with van der Waals surface area (Å²) >= 11 is 0. The SMILES string of the molecule is CC1CCC1N1CCCC2CNCC21. The summed E-state index contributed by atoms with van der Waals surface area (Å²) in [6.45, 7) is 6.34. The topological polar surface area (TPSA) is 15.3 Å². The van der Waals surface area contributed by atoms with Crippen LogP contribution in [0.1, 0.15) is 32.6 Å². The van der Waals surface area contributed by atoms with Crippen molar-refractivity contribution in [3.05, 3.63) is 0 Å². The minimum Gasteiger partial charge on any atom is -0.315 e. The fourth-order valence-corrected chi connectivity index (χ4v) is 3.66. The average Bonchev–Trinajstić information content (AvgIpc) is 2.64. The molecule has 4 atom stereocenters. The first-order chi connectivity index (χ1) is 6.86. The lowest BCUT2D eigenvalue weighted by Gasteiger charge is -2.49. The molecule has 0 aromatic carbocycles. The standard InChI is InChI=1S/C12H22N2/c1-9-4-5-11(9)14-6-2-3-10-7-13-8-12(10)14/h9-13H,2-8H2,1H3. The number of likely N-dealkylation sites (tertiary alicyclic amines) is 1. The first kappa shape index (κ1) is 9.17. The van der Waals surface area contributed by atoms with Crippen LogP contribution in [0.25, 0.3) is 0 Å². The molecule has 0 bridgehead atoms. The summed E-state index contributed by atoms with van der Waals surface area (Å²) in [4.78, 5) is 2.84. The van der Waals surface area contributed by atoms with Crippen LogP contribution < -0.4 is 5.32 Å². The molecule has 2 saturated heterocycles. The van der Waals surface area contributed by atoms with Crippen LogP contribution in [0.2, 0.25) is 0 Å². The predicted molar refractivity (Wildman–Crippen MR) is 58.3 cm³/mol. The first-order valence-electron chi connectivity index (χ1n) is 6.32. The Morgan fingerprint density at radius 3 is 2.71 bits per heavy atom. The Labute approximate surface area is 87.0 Å². The van der Waals surface area contributed by atoms with E-state index in [2.05, 4.69) is 17.1 Å². The van der Waals surface area contributed by atoms with Crippen molar-refractivity contribution in [1.82, 2.24) is 10.2 Å². The van der Waals surface area contributed by atoms with Gasteiger partial charge in [-0.25, -0.2) is 0 Å². The Hall–Kier alpha value is -0.0800. The maximum Gasteiger partial charge on any atom is 0.0264 e. The molecule has 0 amide bonds. The number of hydrogen-bond acceptors (Lipinski definition) is 2. The number of hydrogen-bond donors (Lipinski definition) is 1. The van der Waals surface area contributed by atoms with Gasteiger partial charge in [-0.05, 0) is 50.6 Å². The number of fused-ring (bicyclic) bond motifs is 1. The highest BCUT2D eigenvalue weighted by atomic mass is 15.2. The van der Waals surface area contributed by atoms with Crippen LogP contribution in [-0.4, -0.2) is 36.6 Å². The van der Waals surface area contributed by atoms with Gasteiger partial charge in [-0.15, -0.1) is 0 Å². The van der Waals surface area contributed by atoms with Crippen molar-refractivity contribution in [3.63, 3.8) is 0 Å². The van der Waals surface area contributed by atoms with E-state index in [1.54, 1.807) is 0 Å². The van der Waals surface area contributed by atoms with Crippen molar-refractivity contribution in [2.45, 2.75) is 44.7 Å². The average molecular weight is 194 g/mol. The molecule has 1 saturated carbocycles. The summed E-state index contributed by atoms with van der Waals surface area (Å²) in [5.41, 5.74) is 0. The van der Waals surface area contributed by atoms with Crippen LogP contribution in [0.4, 0.5) is 0 Å². The van der Waals surface area contributed by atoms with Crippen LogP contribution in [-0.2, 0) is 0 Å². The molecule has 0 aromatic heterocycles. The van der Waals surface area contributed by atoms with Crippen molar-refractivity contribution in [2.24, 2.45) is 11.8 Å². The Bertz CT molecular complexity index is 216. The molecule has 0 aromatic rings. The van der Waals surface area contributed by atoms with E-state index in [9.17, 15) is 0 Å². The summed E-state index contributed by atoms with van der Waals surface area (Å²) < 4.78 is 0. The van der Waals surface area contributed by atoms with Gasteiger partial charge in [0.15, 0.2) is 0 Å². The van der Waals surface area contributed by atoms with Gasteiger partial charge in [-0.3, -0.25) is 4.90 Å². The van der Waals surface area contributed by atoms with Gasteiger partial charge in [0.2, 0.25) is 0 Å². The van der Waals surface area contributed by atoms with E-state index in [4.69, 9.17) is 0 Å². The van der Waals surface area contributed by atoms with Crippen molar-refractivity contribution in [2.75, 3.05) is 19.6 Å². The lowest BCUT2D eigenvalue weighted by molar-refractivity contribution is 0.00468. The molecule has 0 radical (unpaired) electrons. The van der Waals surface area contributed by atoms with Crippen molar-refractivity contribution in [1.29, 1.82) is 0 Å². The summed E-state index contributed by atoms with van der Waals surface area (Å²) in [7, 11) is 0. The Morgan fingerprint density at radius 2 is 2.00 bits per heavy atom. The number of nitrogens with one attached hydrogen (secondary N) is 1. The summed E-state index contributed by atoms with van der Waals surface area (Å²) in [6, 6.07) is 1.82. The van der Waals surface area contributed by atoms with E-state index < -0.39 is 0 Å². The lowest BCUT2D eigenvalue weighted by atomic mass is 9.77. The van der Waals surface area contributed by atoms with E-state index in [0.717, 1.165) is 23.9 Å². The van der Waals surface area contributed by atoms with Gasteiger partial charge >= 0.3 is 0 Å². The minimum atomic E-state index is 0.886. The van der Waals surface area contributed by atoms with E-state index in [1.807, 2.05) is 0 Å². The number of rotatable bonds is 1. The third kappa shape index (κ3) is 1.31. The molecule has 3 aliphatic rings.